The summed E-state index contributed by atoms with van der Waals surface area (Å²) in [5.41, 5.74) is 1.75. The Bertz CT molecular complexity index is 109. The Morgan fingerprint density at radius 1 is 1.30 bits per heavy atom. The highest BCUT2D eigenvalue weighted by Crippen LogP contribution is 2.31. The molecule has 0 unspecified atom stereocenters. The first-order valence-electron chi connectivity index (χ1n) is 4.22. The summed E-state index contributed by atoms with van der Waals surface area (Å²) < 4.78 is 0. The van der Waals surface area contributed by atoms with E-state index >= 15 is 0 Å². The molecule has 0 aromatic heterocycles. The van der Waals surface area contributed by atoms with E-state index in [4.69, 9.17) is 0 Å². The highest BCUT2D eigenvalue weighted by Gasteiger charge is 2.18. The van der Waals surface area contributed by atoms with Gasteiger partial charge < -0.3 is 0 Å². The van der Waals surface area contributed by atoms with Crippen molar-refractivity contribution in [3.8, 4) is 0 Å². The second kappa shape index (κ2) is 3.80. The summed E-state index contributed by atoms with van der Waals surface area (Å²) in [5.74, 6) is 0. The van der Waals surface area contributed by atoms with Crippen molar-refractivity contribution in [1.29, 1.82) is 0 Å². The fourth-order valence-electron chi connectivity index (χ4n) is 1.28. The molecule has 0 spiro atoms. The molecule has 0 aromatic rings. The van der Waals surface area contributed by atoms with Gasteiger partial charge in [0.1, 0.15) is 0 Å². The standard InChI is InChI=1S/C10H20/c1-6-8-10(4,5)9(3)7-2/h3,6-8H2,1-2,4-5H3. The zero-order valence-electron chi connectivity index (χ0n) is 7.83. The molecule has 0 rings (SSSR count). The monoisotopic (exact) mass is 140 g/mol. The Morgan fingerprint density at radius 3 is 2.10 bits per heavy atom. The highest BCUT2D eigenvalue weighted by atomic mass is 14.2. The van der Waals surface area contributed by atoms with Crippen molar-refractivity contribution >= 4 is 0 Å². The lowest BCUT2D eigenvalue weighted by Crippen LogP contribution is -2.12. The summed E-state index contributed by atoms with van der Waals surface area (Å²) in [6.07, 6.45) is 3.64. The largest absolute Gasteiger partial charge is 0.0993 e. The lowest BCUT2D eigenvalue weighted by molar-refractivity contribution is 0.394. The van der Waals surface area contributed by atoms with E-state index in [1.807, 2.05) is 0 Å². The molecule has 0 atom stereocenters. The molecule has 10 heavy (non-hydrogen) atoms. The van der Waals surface area contributed by atoms with Crippen molar-refractivity contribution in [1.82, 2.24) is 0 Å². The van der Waals surface area contributed by atoms with E-state index in [9.17, 15) is 0 Å². The Hall–Kier alpha value is -0.260. The average molecular weight is 140 g/mol. The van der Waals surface area contributed by atoms with Gasteiger partial charge in [0, 0.05) is 0 Å². The van der Waals surface area contributed by atoms with Crippen LogP contribution in [0.2, 0.25) is 0 Å². The summed E-state index contributed by atoms with van der Waals surface area (Å²) >= 11 is 0. The van der Waals surface area contributed by atoms with Crippen LogP contribution in [0.15, 0.2) is 12.2 Å². The van der Waals surface area contributed by atoms with Crippen molar-refractivity contribution in [2.24, 2.45) is 5.41 Å². The predicted octanol–water partition coefficient (Wildman–Crippen LogP) is 3.78. The molecule has 0 radical (unpaired) electrons. The first kappa shape index (κ1) is 9.74. The fourth-order valence-corrected chi connectivity index (χ4v) is 1.28. The van der Waals surface area contributed by atoms with Gasteiger partial charge in [-0.15, -0.1) is 0 Å². The minimum Gasteiger partial charge on any atom is -0.0993 e. The zero-order chi connectivity index (χ0) is 8.20. The Labute approximate surface area is 65.3 Å². The average Bonchev–Trinajstić information content (AvgIpc) is 1.86. The molecule has 0 N–H and O–H groups in total. The molecule has 0 nitrogen and oxygen atoms in total. The van der Waals surface area contributed by atoms with Gasteiger partial charge in [-0.25, -0.2) is 0 Å². The van der Waals surface area contributed by atoms with Gasteiger partial charge in [-0.2, -0.15) is 0 Å². The van der Waals surface area contributed by atoms with Crippen LogP contribution in [-0.4, -0.2) is 0 Å². The topological polar surface area (TPSA) is 0 Å². The van der Waals surface area contributed by atoms with E-state index in [1.54, 1.807) is 0 Å². The molecular formula is C10H20. The predicted molar refractivity (Wildman–Crippen MR) is 48.1 cm³/mol. The van der Waals surface area contributed by atoms with E-state index < -0.39 is 0 Å². The molecule has 0 aliphatic carbocycles. The molecule has 0 saturated heterocycles. The minimum absolute atomic E-state index is 0.365. The van der Waals surface area contributed by atoms with Gasteiger partial charge in [0.25, 0.3) is 0 Å². The second-order valence-corrected chi connectivity index (χ2v) is 3.59. The Balaban J connectivity index is 3.96. The Kier molecular flexibility index (Phi) is 3.70. The van der Waals surface area contributed by atoms with E-state index in [0.29, 0.717) is 5.41 Å². The van der Waals surface area contributed by atoms with Gasteiger partial charge in [0.15, 0.2) is 0 Å². The molecule has 0 bridgehead atoms. The normalized spacial score (nSPS) is 11.6. The van der Waals surface area contributed by atoms with Crippen LogP contribution in [-0.2, 0) is 0 Å². The van der Waals surface area contributed by atoms with Crippen LogP contribution >= 0.6 is 0 Å². The minimum atomic E-state index is 0.365. The van der Waals surface area contributed by atoms with E-state index in [1.165, 1.54) is 18.4 Å². The van der Waals surface area contributed by atoms with Gasteiger partial charge in [0.2, 0.25) is 0 Å². The van der Waals surface area contributed by atoms with Crippen molar-refractivity contribution in [3.05, 3.63) is 12.2 Å². The molecule has 0 fully saturated rings. The molecule has 0 amide bonds. The number of rotatable bonds is 4. The first-order chi connectivity index (χ1) is 4.54. The molecule has 0 heteroatoms. The van der Waals surface area contributed by atoms with Gasteiger partial charge in [-0.05, 0) is 18.3 Å². The van der Waals surface area contributed by atoms with Crippen LogP contribution in [0.3, 0.4) is 0 Å². The van der Waals surface area contributed by atoms with Gasteiger partial charge in [-0.3, -0.25) is 0 Å². The third-order valence-electron chi connectivity index (χ3n) is 2.26. The SMILES string of the molecule is C=C(CC)C(C)(C)CCC. The molecule has 0 aromatic carbocycles. The smallest absolute Gasteiger partial charge is 0.0148 e. The zero-order valence-corrected chi connectivity index (χ0v) is 7.83. The third kappa shape index (κ3) is 2.55. The van der Waals surface area contributed by atoms with Gasteiger partial charge in [-0.1, -0.05) is 46.3 Å². The van der Waals surface area contributed by atoms with E-state index in [2.05, 4.69) is 34.3 Å². The quantitative estimate of drug-likeness (QED) is 0.521. The lowest BCUT2D eigenvalue weighted by Gasteiger charge is -2.25. The van der Waals surface area contributed by atoms with Crippen LogP contribution in [0.25, 0.3) is 0 Å². The van der Waals surface area contributed by atoms with Crippen LogP contribution in [0.4, 0.5) is 0 Å². The fraction of sp³-hybridized carbons (Fsp3) is 0.800. The molecule has 0 aliphatic heterocycles. The maximum atomic E-state index is 4.06. The molecular weight excluding hydrogens is 120 g/mol. The maximum Gasteiger partial charge on any atom is -0.0148 e. The lowest BCUT2D eigenvalue weighted by atomic mass is 9.80. The van der Waals surface area contributed by atoms with Crippen LogP contribution in [0, 0.1) is 5.41 Å². The van der Waals surface area contributed by atoms with Crippen molar-refractivity contribution in [3.63, 3.8) is 0 Å². The maximum absolute atomic E-state index is 4.06. The highest BCUT2D eigenvalue weighted by molar-refractivity contribution is 5.05. The summed E-state index contributed by atoms with van der Waals surface area (Å²) in [7, 11) is 0. The first-order valence-corrected chi connectivity index (χ1v) is 4.22. The van der Waals surface area contributed by atoms with E-state index in [0.717, 1.165) is 6.42 Å². The van der Waals surface area contributed by atoms with Crippen LogP contribution in [0.1, 0.15) is 47.0 Å². The Morgan fingerprint density at radius 2 is 1.80 bits per heavy atom. The van der Waals surface area contributed by atoms with E-state index in [-0.39, 0.29) is 0 Å². The molecule has 60 valence electrons. The van der Waals surface area contributed by atoms with Gasteiger partial charge in [0.05, 0.1) is 0 Å². The van der Waals surface area contributed by atoms with Crippen molar-refractivity contribution in [2.75, 3.05) is 0 Å². The van der Waals surface area contributed by atoms with Crippen molar-refractivity contribution < 1.29 is 0 Å². The van der Waals surface area contributed by atoms with Crippen LogP contribution < -0.4 is 0 Å². The summed E-state index contributed by atoms with van der Waals surface area (Å²) in [6.45, 7) is 13.0. The number of hydrogen-bond donors (Lipinski definition) is 0. The van der Waals surface area contributed by atoms with Crippen molar-refractivity contribution in [2.45, 2.75) is 47.0 Å². The molecule has 0 aliphatic rings. The molecule has 0 saturated carbocycles. The number of hydrogen-bond acceptors (Lipinski definition) is 0. The summed E-state index contributed by atoms with van der Waals surface area (Å²) in [6, 6.07) is 0. The summed E-state index contributed by atoms with van der Waals surface area (Å²) in [4.78, 5) is 0. The second-order valence-electron chi connectivity index (χ2n) is 3.59. The number of allylic oxidation sites excluding steroid dienone is 1. The molecule has 0 heterocycles. The summed E-state index contributed by atoms with van der Waals surface area (Å²) in [5, 5.41) is 0. The van der Waals surface area contributed by atoms with Crippen LogP contribution in [0.5, 0.6) is 0 Å². The van der Waals surface area contributed by atoms with Gasteiger partial charge >= 0.3 is 0 Å². The third-order valence-corrected chi connectivity index (χ3v) is 2.26.